The van der Waals surface area contributed by atoms with Crippen molar-refractivity contribution in [1.29, 1.82) is 0 Å². The molecule has 0 radical (unpaired) electrons. The molecule has 1 aliphatic heterocycles. The third-order valence-electron chi connectivity index (χ3n) is 4.53. The Balaban J connectivity index is 1.72. The highest BCUT2D eigenvalue weighted by molar-refractivity contribution is 7.97. The lowest BCUT2D eigenvalue weighted by molar-refractivity contribution is 0.0730. The second kappa shape index (κ2) is 9.56. The highest BCUT2D eigenvalue weighted by Gasteiger charge is 2.28. The van der Waals surface area contributed by atoms with E-state index in [9.17, 15) is 13.2 Å². The average molecular weight is 421 g/mol. The van der Waals surface area contributed by atoms with Crippen LogP contribution in [-0.4, -0.2) is 51.2 Å². The minimum Gasteiger partial charge on any atom is -0.379 e. The predicted molar refractivity (Wildman–Crippen MR) is 111 cm³/mol. The molecule has 2 aromatic carbocycles. The van der Waals surface area contributed by atoms with Crippen molar-refractivity contribution < 1.29 is 17.9 Å². The minimum atomic E-state index is -3.62. The van der Waals surface area contributed by atoms with Crippen LogP contribution in [0.5, 0.6) is 0 Å². The molecule has 0 spiro atoms. The van der Waals surface area contributed by atoms with Crippen molar-refractivity contribution in [1.82, 2.24) is 9.62 Å². The summed E-state index contributed by atoms with van der Waals surface area (Å²) in [4.78, 5) is 12.7. The van der Waals surface area contributed by atoms with Crippen LogP contribution < -0.4 is 5.32 Å². The molecular weight excluding hydrogens is 396 g/mol. The number of hydrogen-bond acceptors (Lipinski definition) is 5. The molecule has 0 aromatic heterocycles. The van der Waals surface area contributed by atoms with Crippen molar-refractivity contribution in [3.63, 3.8) is 0 Å². The van der Waals surface area contributed by atoms with E-state index in [4.69, 9.17) is 4.74 Å². The van der Waals surface area contributed by atoms with Crippen LogP contribution in [0.2, 0.25) is 0 Å². The van der Waals surface area contributed by atoms with Gasteiger partial charge in [0.2, 0.25) is 10.0 Å². The van der Waals surface area contributed by atoms with Gasteiger partial charge in [0, 0.05) is 31.0 Å². The van der Waals surface area contributed by atoms with Gasteiger partial charge in [-0.15, -0.1) is 0 Å². The maximum absolute atomic E-state index is 13.0. The van der Waals surface area contributed by atoms with E-state index in [-0.39, 0.29) is 17.3 Å². The molecule has 28 heavy (non-hydrogen) atoms. The van der Waals surface area contributed by atoms with Crippen molar-refractivity contribution in [2.45, 2.75) is 17.2 Å². The summed E-state index contributed by atoms with van der Waals surface area (Å²) in [6.45, 7) is 1.61. The van der Waals surface area contributed by atoms with E-state index in [1.54, 1.807) is 48.2 Å². The second-order valence-corrected chi connectivity index (χ2v) is 9.21. The first-order chi connectivity index (χ1) is 13.5. The normalized spacial score (nSPS) is 15.3. The summed E-state index contributed by atoms with van der Waals surface area (Å²) in [5.41, 5.74) is 2.28. The fraction of sp³-hybridized carbons (Fsp3) is 0.350. The van der Waals surface area contributed by atoms with E-state index in [2.05, 4.69) is 5.32 Å². The third-order valence-corrected chi connectivity index (χ3v) is 7.15. The van der Waals surface area contributed by atoms with Crippen molar-refractivity contribution >= 4 is 27.7 Å². The van der Waals surface area contributed by atoms with Crippen molar-refractivity contribution in [2.24, 2.45) is 0 Å². The van der Waals surface area contributed by atoms with Gasteiger partial charge in [-0.2, -0.15) is 16.1 Å². The van der Waals surface area contributed by atoms with Crippen LogP contribution in [0.4, 0.5) is 0 Å². The number of thioether (sulfide) groups is 1. The molecule has 1 saturated heterocycles. The summed E-state index contributed by atoms with van der Waals surface area (Å²) >= 11 is 1.72. The second-order valence-electron chi connectivity index (χ2n) is 6.44. The Kier molecular flexibility index (Phi) is 7.12. The lowest BCUT2D eigenvalue weighted by atomic mass is 10.1. The summed E-state index contributed by atoms with van der Waals surface area (Å²) in [5, 5.41) is 2.83. The van der Waals surface area contributed by atoms with Gasteiger partial charge in [-0.3, -0.25) is 4.79 Å². The molecule has 150 valence electrons. The molecule has 6 nitrogen and oxygen atoms in total. The Morgan fingerprint density at radius 3 is 2.46 bits per heavy atom. The standard InChI is InChI=1S/C20H24N2O4S2/c1-27-15-16-6-8-17(9-7-16)20(23)21-14-18-4-2-3-5-19(18)28(24,25)22-10-12-26-13-11-22/h2-9H,10-15H2,1H3,(H,21,23). The molecule has 1 amide bonds. The van der Waals surface area contributed by atoms with Crippen LogP contribution in [0.25, 0.3) is 0 Å². The SMILES string of the molecule is CSCc1ccc(C(=O)NCc2ccccc2S(=O)(=O)N2CCOCC2)cc1. The van der Waals surface area contributed by atoms with Gasteiger partial charge in [0.1, 0.15) is 0 Å². The van der Waals surface area contributed by atoms with E-state index in [1.807, 2.05) is 18.4 Å². The van der Waals surface area contributed by atoms with Gasteiger partial charge < -0.3 is 10.1 Å². The molecule has 8 heteroatoms. The largest absolute Gasteiger partial charge is 0.379 e. The van der Waals surface area contributed by atoms with E-state index < -0.39 is 10.0 Å². The van der Waals surface area contributed by atoms with Crippen molar-refractivity contribution in [3.05, 3.63) is 65.2 Å². The zero-order chi connectivity index (χ0) is 20.0. The molecule has 1 N–H and O–H groups in total. The number of nitrogens with one attached hydrogen (secondary N) is 1. The quantitative estimate of drug-likeness (QED) is 0.745. The Morgan fingerprint density at radius 2 is 1.79 bits per heavy atom. The molecular formula is C20H24N2O4S2. The topological polar surface area (TPSA) is 75.7 Å². The Bertz CT molecular complexity index is 908. The molecule has 0 atom stereocenters. The Labute approximate surface area is 170 Å². The summed E-state index contributed by atoms with van der Waals surface area (Å²) in [6.07, 6.45) is 2.03. The highest BCUT2D eigenvalue weighted by Crippen LogP contribution is 2.21. The Morgan fingerprint density at radius 1 is 1.11 bits per heavy atom. The minimum absolute atomic E-state index is 0.144. The van der Waals surface area contributed by atoms with Crippen molar-refractivity contribution in [3.8, 4) is 0 Å². The summed E-state index contributed by atoms with van der Waals surface area (Å²) < 4.78 is 32.6. The number of carbonyl (C=O) groups excluding carboxylic acids is 1. The molecule has 1 heterocycles. The zero-order valence-corrected chi connectivity index (χ0v) is 17.4. The van der Waals surface area contributed by atoms with Gasteiger partial charge in [-0.05, 0) is 35.6 Å². The molecule has 1 aliphatic rings. The molecule has 0 saturated carbocycles. The van der Waals surface area contributed by atoms with Crippen LogP contribution in [0.15, 0.2) is 53.4 Å². The summed E-state index contributed by atoms with van der Waals surface area (Å²) in [5.74, 6) is 0.670. The fourth-order valence-electron chi connectivity index (χ4n) is 3.02. The van der Waals surface area contributed by atoms with E-state index in [1.165, 1.54) is 4.31 Å². The lowest BCUT2D eigenvalue weighted by Gasteiger charge is -2.27. The number of benzene rings is 2. The predicted octanol–water partition coefficient (Wildman–Crippen LogP) is 2.50. The van der Waals surface area contributed by atoms with Crippen LogP contribution in [0.3, 0.4) is 0 Å². The number of hydrogen-bond donors (Lipinski definition) is 1. The summed E-state index contributed by atoms with van der Waals surface area (Å²) in [6, 6.07) is 14.2. The van der Waals surface area contributed by atoms with Gasteiger partial charge in [-0.25, -0.2) is 8.42 Å². The molecule has 2 aromatic rings. The maximum Gasteiger partial charge on any atom is 0.251 e. The summed E-state index contributed by atoms with van der Waals surface area (Å²) in [7, 11) is -3.62. The van der Waals surface area contributed by atoms with Gasteiger partial charge in [-0.1, -0.05) is 30.3 Å². The fourth-order valence-corrected chi connectivity index (χ4v) is 5.18. The van der Waals surface area contributed by atoms with Crippen LogP contribution >= 0.6 is 11.8 Å². The van der Waals surface area contributed by atoms with E-state index in [0.717, 1.165) is 11.3 Å². The molecule has 3 rings (SSSR count). The highest BCUT2D eigenvalue weighted by atomic mass is 32.2. The molecule has 0 bridgehead atoms. The number of rotatable bonds is 7. The number of carbonyl (C=O) groups is 1. The monoisotopic (exact) mass is 420 g/mol. The lowest BCUT2D eigenvalue weighted by Crippen LogP contribution is -2.41. The Hall–Kier alpha value is -1.87. The van der Waals surface area contributed by atoms with E-state index >= 15 is 0 Å². The van der Waals surface area contributed by atoms with Crippen LogP contribution in [0.1, 0.15) is 21.5 Å². The molecule has 1 fully saturated rings. The van der Waals surface area contributed by atoms with Gasteiger partial charge in [0.25, 0.3) is 5.91 Å². The van der Waals surface area contributed by atoms with Crippen LogP contribution in [0, 0.1) is 0 Å². The maximum atomic E-state index is 13.0. The number of sulfonamides is 1. The average Bonchev–Trinajstić information content (AvgIpc) is 2.73. The van der Waals surface area contributed by atoms with Gasteiger partial charge in [0.15, 0.2) is 0 Å². The number of morpholine rings is 1. The molecule has 0 aliphatic carbocycles. The van der Waals surface area contributed by atoms with Crippen molar-refractivity contribution in [2.75, 3.05) is 32.6 Å². The third kappa shape index (κ3) is 4.94. The van der Waals surface area contributed by atoms with Gasteiger partial charge in [0.05, 0.1) is 18.1 Å². The smallest absolute Gasteiger partial charge is 0.251 e. The van der Waals surface area contributed by atoms with Crippen LogP contribution in [-0.2, 0) is 27.1 Å². The molecule has 0 unspecified atom stereocenters. The first-order valence-electron chi connectivity index (χ1n) is 9.04. The first-order valence-corrected chi connectivity index (χ1v) is 11.9. The number of ether oxygens (including phenoxy) is 1. The number of nitrogens with zero attached hydrogens (tertiary/aromatic N) is 1. The number of amides is 1. The first kappa shape index (κ1) is 20.9. The van der Waals surface area contributed by atoms with Gasteiger partial charge >= 0.3 is 0 Å². The zero-order valence-electron chi connectivity index (χ0n) is 15.8. The van der Waals surface area contributed by atoms with E-state index in [0.29, 0.717) is 37.4 Å².